The number of pyridine rings is 1. The monoisotopic (exact) mass is 374 g/mol. The quantitative estimate of drug-likeness (QED) is 0.871. The van der Waals surface area contributed by atoms with Gasteiger partial charge in [-0.15, -0.1) is 12.4 Å². The fourth-order valence-corrected chi connectivity index (χ4v) is 3.98. The molecule has 0 amide bonds. The van der Waals surface area contributed by atoms with E-state index in [-0.39, 0.29) is 12.4 Å². The summed E-state index contributed by atoms with van der Waals surface area (Å²) in [6, 6.07) is 13.0. The number of halogens is 1. The van der Waals surface area contributed by atoms with E-state index >= 15 is 0 Å². The molecule has 1 unspecified atom stereocenters. The number of anilines is 2. The first-order valence-electron chi connectivity index (χ1n) is 9.11. The molecular formula is C20H27ClN4O. The lowest BCUT2D eigenvalue weighted by Crippen LogP contribution is -2.39. The van der Waals surface area contributed by atoms with Gasteiger partial charge in [0.05, 0.1) is 13.2 Å². The molecule has 6 heteroatoms. The van der Waals surface area contributed by atoms with Crippen LogP contribution in [0.2, 0.25) is 0 Å². The minimum Gasteiger partial charge on any atom is -0.379 e. The summed E-state index contributed by atoms with van der Waals surface area (Å²) in [5, 5.41) is 3.21. The molecule has 0 radical (unpaired) electrons. The lowest BCUT2D eigenvalue weighted by molar-refractivity contribution is 0.0356. The zero-order valence-electron chi connectivity index (χ0n) is 15.2. The highest BCUT2D eigenvalue weighted by atomic mass is 35.5. The third-order valence-electron chi connectivity index (χ3n) is 5.23. The smallest absolute Gasteiger partial charge is 0.130 e. The van der Waals surface area contributed by atoms with E-state index in [1.165, 1.54) is 16.8 Å². The van der Waals surface area contributed by atoms with Crippen molar-refractivity contribution < 1.29 is 4.74 Å². The molecule has 2 aromatic rings. The molecule has 1 atom stereocenters. The average molecular weight is 375 g/mol. The molecule has 0 spiro atoms. The van der Waals surface area contributed by atoms with Gasteiger partial charge >= 0.3 is 0 Å². The van der Waals surface area contributed by atoms with Crippen LogP contribution in [-0.4, -0.2) is 56.3 Å². The van der Waals surface area contributed by atoms with Crippen LogP contribution in [0.4, 0.5) is 11.5 Å². The molecule has 5 nitrogen and oxygen atoms in total. The summed E-state index contributed by atoms with van der Waals surface area (Å²) in [5.74, 6) is 1.53. The molecule has 0 aliphatic carbocycles. The minimum atomic E-state index is 0. The Morgan fingerprint density at radius 1 is 1.15 bits per heavy atom. The molecule has 0 bridgehead atoms. The van der Waals surface area contributed by atoms with Crippen molar-refractivity contribution in [1.29, 1.82) is 0 Å². The molecule has 1 saturated heterocycles. The number of aromatic nitrogens is 1. The minimum absolute atomic E-state index is 0. The van der Waals surface area contributed by atoms with Crippen molar-refractivity contribution in [3.8, 4) is 0 Å². The van der Waals surface area contributed by atoms with Gasteiger partial charge in [-0.1, -0.05) is 24.3 Å². The summed E-state index contributed by atoms with van der Waals surface area (Å²) in [6.07, 6.45) is 1.84. The van der Waals surface area contributed by atoms with Gasteiger partial charge in [0, 0.05) is 63.1 Å². The first kappa shape index (κ1) is 19.0. The second-order valence-electron chi connectivity index (χ2n) is 6.81. The Kier molecular flexibility index (Phi) is 6.35. The Labute approximate surface area is 161 Å². The third kappa shape index (κ3) is 3.95. The van der Waals surface area contributed by atoms with E-state index in [0.29, 0.717) is 5.92 Å². The van der Waals surface area contributed by atoms with Crippen LogP contribution in [0.5, 0.6) is 0 Å². The van der Waals surface area contributed by atoms with Crippen LogP contribution >= 0.6 is 12.4 Å². The van der Waals surface area contributed by atoms with Crippen molar-refractivity contribution in [2.24, 2.45) is 0 Å². The van der Waals surface area contributed by atoms with Gasteiger partial charge in [0.25, 0.3) is 0 Å². The number of morpholine rings is 1. The number of hydrogen-bond donors (Lipinski definition) is 1. The molecule has 3 heterocycles. The lowest BCUT2D eigenvalue weighted by atomic mass is 10.0. The molecule has 26 heavy (non-hydrogen) atoms. The Bertz CT molecular complexity index is 720. The predicted octanol–water partition coefficient (Wildman–Crippen LogP) is 2.98. The molecular weight excluding hydrogens is 348 g/mol. The highest BCUT2D eigenvalue weighted by Gasteiger charge is 2.30. The maximum absolute atomic E-state index is 5.49. The highest BCUT2D eigenvalue weighted by molar-refractivity contribution is 5.85. The van der Waals surface area contributed by atoms with Gasteiger partial charge in [-0.25, -0.2) is 4.98 Å². The largest absolute Gasteiger partial charge is 0.379 e. The SMILES string of the molecule is CNc1ncccc1CN1CC(CN2CCOCC2)c2ccccc21.Cl. The van der Waals surface area contributed by atoms with Crippen LogP contribution in [0.25, 0.3) is 0 Å². The van der Waals surface area contributed by atoms with Crippen LogP contribution in [-0.2, 0) is 11.3 Å². The number of ether oxygens (including phenoxy) is 1. The Morgan fingerprint density at radius 3 is 2.77 bits per heavy atom. The molecule has 4 rings (SSSR count). The number of rotatable bonds is 5. The van der Waals surface area contributed by atoms with E-state index in [0.717, 1.165) is 51.8 Å². The normalized spacial score (nSPS) is 19.7. The Balaban J connectivity index is 0.00000196. The standard InChI is InChI=1S/C20H26N4O.ClH/c1-21-20-16(5-4-8-22-20)14-24-15-17(13-23-9-11-25-12-10-23)18-6-2-3-7-19(18)24;/h2-8,17H,9-15H2,1H3,(H,21,22);1H. The van der Waals surface area contributed by atoms with Gasteiger partial charge in [-0.3, -0.25) is 4.90 Å². The first-order chi connectivity index (χ1) is 12.3. The maximum atomic E-state index is 5.49. The van der Waals surface area contributed by atoms with Gasteiger partial charge in [0.15, 0.2) is 0 Å². The summed E-state index contributed by atoms with van der Waals surface area (Å²) in [4.78, 5) is 9.49. The van der Waals surface area contributed by atoms with E-state index in [4.69, 9.17) is 4.74 Å². The van der Waals surface area contributed by atoms with Crippen LogP contribution in [0.15, 0.2) is 42.6 Å². The summed E-state index contributed by atoms with van der Waals surface area (Å²) < 4.78 is 5.49. The van der Waals surface area contributed by atoms with Crippen molar-refractivity contribution in [3.63, 3.8) is 0 Å². The topological polar surface area (TPSA) is 40.6 Å². The molecule has 1 aromatic carbocycles. The number of nitrogens with zero attached hydrogens (tertiary/aromatic N) is 3. The van der Waals surface area contributed by atoms with Gasteiger partial charge < -0.3 is 15.0 Å². The zero-order chi connectivity index (χ0) is 17.1. The Hall–Kier alpha value is -1.82. The zero-order valence-corrected chi connectivity index (χ0v) is 16.0. The lowest BCUT2D eigenvalue weighted by Gasteiger charge is -2.29. The van der Waals surface area contributed by atoms with Crippen molar-refractivity contribution >= 4 is 23.9 Å². The van der Waals surface area contributed by atoms with Gasteiger partial charge in [0.1, 0.15) is 5.82 Å². The molecule has 2 aliphatic heterocycles. The average Bonchev–Trinajstić information content (AvgIpc) is 3.01. The molecule has 1 aromatic heterocycles. The van der Waals surface area contributed by atoms with E-state index < -0.39 is 0 Å². The summed E-state index contributed by atoms with van der Waals surface area (Å²) in [5.41, 5.74) is 4.09. The summed E-state index contributed by atoms with van der Waals surface area (Å²) in [7, 11) is 1.94. The van der Waals surface area contributed by atoms with Gasteiger partial charge in [-0.05, 0) is 17.7 Å². The fraction of sp³-hybridized carbons (Fsp3) is 0.450. The number of para-hydroxylation sites is 1. The second kappa shape index (κ2) is 8.71. The van der Waals surface area contributed by atoms with E-state index in [1.54, 1.807) is 0 Å². The summed E-state index contributed by atoms with van der Waals surface area (Å²) >= 11 is 0. The van der Waals surface area contributed by atoms with Crippen molar-refractivity contribution in [2.45, 2.75) is 12.5 Å². The van der Waals surface area contributed by atoms with Crippen molar-refractivity contribution in [2.75, 3.05) is 56.7 Å². The van der Waals surface area contributed by atoms with E-state index in [2.05, 4.69) is 50.4 Å². The second-order valence-corrected chi connectivity index (χ2v) is 6.81. The maximum Gasteiger partial charge on any atom is 0.130 e. The van der Waals surface area contributed by atoms with Gasteiger partial charge in [-0.2, -0.15) is 0 Å². The molecule has 1 N–H and O–H groups in total. The number of benzene rings is 1. The van der Waals surface area contributed by atoms with Crippen molar-refractivity contribution in [3.05, 3.63) is 53.7 Å². The Morgan fingerprint density at radius 2 is 1.96 bits per heavy atom. The van der Waals surface area contributed by atoms with Crippen LogP contribution < -0.4 is 10.2 Å². The van der Waals surface area contributed by atoms with E-state index in [1.807, 2.05) is 19.3 Å². The highest BCUT2D eigenvalue weighted by Crippen LogP contribution is 2.38. The number of nitrogens with one attached hydrogen (secondary N) is 1. The van der Waals surface area contributed by atoms with Crippen LogP contribution in [0.3, 0.4) is 0 Å². The molecule has 140 valence electrons. The van der Waals surface area contributed by atoms with Crippen LogP contribution in [0.1, 0.15) is 17.0 Å². The number of fused-ring (bicyclic) bond motifs is 1. The van der Waals surface area contributed by atoms with E-state index in [9.17, 15) is 0 Å². The van der Waals surface area contributed by atoms with Gasteiger partial charge in [0.2, 0.25) is 0 Å². The van der Waals surface area contributed by atoms with Crippen molar-refractivity contribution in [1.82, 2.24) is 9.88 Å². The third-order valence-corrected chi connectivity index (χ3v) is 5.23. The first-order valence-corrected chi connectivity index (χ1v) is 9.11. The molecule has 0 saturated carbocycles. The number of hydrogen-bond acceptors (Lipinski definition) is 5. The predicted molar refractivity (Wildman–Crippen MR) is 109 cm³/mol. The van der Waals surface area contributed by atoms with Crippen LogP contribution in [0, 0.1) is 0 Å². The summed E-state index contributed by atoms with van der Waals surface area (Å²) in [6.45, 7) is 6.88. The molecule has 1 fully saturated rings. The molecule has 2 aliphatic rings. The fourth-order valence-electron chi connectivity index (χ4n) is 3.98.